The summed E-state index contributed by atoms with van der Waals surface area (Å²) in [6.07, 6.45) is 0. The number of rotatable bonds is 2. The molecule has 0 saturated carbocycles. The van der Waals surface area contributed by atoms with E-state index < -0.39 is 0 Å². The number of fused-ring (bicyclic) bond motifs is 1. The lowest BCUT2D eigenvalue weighted by atomic mass is 10.2. The van der Waals surface area contributed by atoms with Crippen molar-refractivity contribution in [2.75, 3.05) is 6.79 Å². The summed E-state index contributed by atoms with van der Waals surface area (Å²) in [4.78, 5) is 13.4. The van der Waals surface area contributed by atoms with Crippen LogP contribution in [0.4, 0.5) is 0 Å². The normalized spacial score (nSPS) is 21.4. The van der Waals surface area contributed by atoms with Gasteiger partial charge in [-0.3, -0.25) is 9.69 Å². The number of nitrogens with zero attached hydrogens (tertiary/aromatic N) is 1. The average molecular weight is 264 g/mol. The van der Waals surface area contributed by atoms with Crippen LogP contribution in [0.1, 0.15) is 12.5 Å². The van der Waals surface area contributed by atoms with Gasteiger partial charge in [0, 0.05) is 0 Å². The number of benzene rings is 1. The third kappa shape index (κ3) is 1.78. The van der Waals surface area contributed by atoms with E-state index >= 15 is 0 Å². The second-order valence-corrected chi connectivity index (χ2v) is 4.67. The van der Waals surface area contributed by atoms with E-state index in [0.29, 0.717) is 17.4 Å². The molecule has 5 nitrogen and oxygen atoms in total. The van der Waals surface area contributed by atoms with E-state index in [9.17, 15) is 4.79 Å². The van der Waals surface area contributed by atoms with E-state index in [2.05, 4.69) is 5.32 Å². The molecule has 1 fully saturated rings. The Morgan fingerprint density at radius 1 is 1.44 bits per heavy atom. The zero-order chi connectivity index (χ0) is 12.7. The summed E-state index contributed by atoms with van der Waals surface area (Å²) in [5.41, 5.74) is 0.964. The van der Waals surface area contributed by atoms with E-state index in [4.69, 9.17) is 21.7 Å². The van der Waals surface area contributed by atoms with Gasteiger partial charge in [0.25, 0.3) is 5.91 Å². The maximum absolute atomic E-state index is 11.9. The topological polar surface area (TPSA) is 50.8 Å². The Labute approximate surface area is 110 Å². The van der Waals surface area contributed by atoms with Crippen molar-refractivity contribution >= 4 is 23.2 Å². The van der Waals surface area contributed by atoms with Crippen LogP contribution in [0.15, 0.2) is 18.2 Å². The molecule has 0 radical (unpaired) electrons. The van der Waals surface area contributed by atoms with Gasteiger partial charge >= 0.3 is 0 Å². The van der Waals surface area contributed by atoms with Crippen LogP contribution >= 0.6 is 12.2 Å². The molecule has 3 rings (SSSR count). The molecule has 0 bridgehead atoms. The number of thiocarbonyl (C=S) groups is 1. The molecule has 94 valence electrons. The molecule has 1 aromatic carbocycles. The van der Waals surface area contributed by atoms with Gasteiger partial charge in [0.05, 0.1) is 6.54 Å². The minimum absolute atomic E-state index is 0.00216. The summed E-state index contributed by atoms with van der Waals surface area (Å²) >= 11 is 5.13. The van der Waals surface area contributed by atoms with Crippen molar-refractivity contribution in [1.29, 1.82) is 0 Å². The molecule has 0 aliphatic carbocycles. The van der Waals surface area contributed by atoms with Gasteiger partial charge in [-0.15, -0.1) is 0 Å². The summed E-state index contributed by atoms with van der Waals surface area (Å²) < 4.78 is 10.5. The summed E-state index contributed by atoms with van der Waals surface area (Å²) in [5, 5.41) is 3.42. The number of hydrogen-bond acceptors (Lipinski definition) is 4. The number of ether oxygens (including phenoxy) is 2. The van der Waals surface area contributed by atoms with Crippen molar-refractivity contribution in [3.63, 3.8) is 0 Å². The Balaban J connectivity index is 1.81. The number of carbonyl (C=O) groups excluding carboxylic acids is 1. The maximum atomic E-state index is 11.9. The van der Waals surface area contributed by atoms with Crippen molar-refractivity contribution in [3.8, 4) is 11.5 Å². The number of carbonyl (C=O) groups is 1. The molecule has 0 aromatic heterocycles. The van der Waals surface area contributed by atoms with Crippen LogP contribution < -0.4 is 14.8 Å². The van der Waals surface area contributed by atoms with Crippen molar-refractivity contribution in [2.24, 2.45) is 0 Å². The molecular formula is C12H12N2O3S. The van der Waals surface area contributed by atoms with Gasteiger partial charge in [-0.25, -0.2) is 0 Å². The zero-order valence-electron chi connectivity index (χ0n) is 9.80. The van der Waals surface area contributed by atoms with Gasteiger partial charge in [-0.2, -0.15) is 0 Å². The highest BCUT2D eigenvalue weighted by molar-refractivity contribution is 7.80. The minimum Gasteiger partial charge on any atom is -0.454 e. The van der Waals surface area contributed by atoms with Gasteiger partial charge in [-0.1, -0.05) is 6.07 Å². The van der Waals surface area contributed by atoms with Gasteiger partial charge in [0.2, 0.25) is 6.79 Å². The van der Waals surface area contributed by atoms with E-state index in [1.807, 2.05) is 18.2 Å². The lowest BCUT2D eigenvalue weighted by molar-refractivity contribution is -0.127. The molecule has 6 heteroatoms. The molecule has 2 aliphatic heterocycles. The molecule has 1 saturated heterocycles. The van der Waals surface area contributed by atoms with E-state index in [-0.39, 0.29) is 18.7 Å². The Hall–Kier alpha value is -1.82. The van der Waals surface area contributed by atoms with Gasteiger partial charge in [0.1, 0.15) is 6.04 Å². The predicted molar refractivity (Wildman–Crippen MR) is 68.3 cm³/mol. The fourth-order valence-corrected chi connectivity index (χ4v) is 2.36. The molecule has 1 aromatic rings. The van der Waals surface area contributed by atoms with E-state index in [1.165, 1.54) is 0 Å². The first kappa shape index (κ1) is 11.3. The molecule has 0 unspecified atom stereocenters. The lowest BCUT2D eigenvalue weighted by Gasteiger charge is -2.14. The van der Waals surface area contributed by atoms with Crippen LogP contribution in [0, 0.1) is 0 Å². The monoisotopic (exact) mass is 264 g/mol. The smallest absolute Gasteiger partial charge is 0.251 e. The summed E-state index contributed by atoms with van der Waals surface area (Å²) in [6, 6.07) is 5.39. The average Bonchev–Trinajstić information content (AvgIpc) is 2.89. The van der Waals surface area contributed by atoms with E-state index in [1.54, 1.807) is 11.8 Å². The quantitative estimate of drug-likeness (QED) is 0.808. The van der Waals surface area contributed by atoms with Crippen molar-refractivity contribution < 1.29 is 14.3 Å². The van der Waals surface area contributed by atoms with Crippen molar-refractivity contribution in [3.05, 3.63) is 23.8 Å². The summed E-state index contributed by atoms with van der Waals surface area (Å²) in [5.74, 6) is 1.45. The van der Waals surface area contributed by atoms with Crippen LogP contribution in [0.5, 0.6) is 11.5 Å². The molecule has 1 atom stereocenters. The maximum Gasteiger partial charge on any atom is 0.251 e. The first-order chi connectivity index (χ1) is 8.65. The summed E-state index contributed by atoms with van der Waals surface area (Å²) in [6.45, 7) is 2.50. The van der Waals surface area contributed by atoms with Crippen LogP contribution in [-0.2, 0) is 11.3 Å². The van der Waals surface area contributed by atoms with Crippen molar-refractivity contribution in [1.82, 2.24) is 10.2 Å². The Morgan fingerprint density at radius 2 is 2.22 bits per heavy atom. The molecule has 0 spiro atoms. The fourth-order valence-electron chi connectivity index (χ4n) is 2.03. The predicted octanol–water partition coefficient (Wildman–Crippen LogP) is 1.02. The van der Waals surface area contributed by atoms with Crippen LogP contribution in [0.3, 0.4) is 0 Å². The molecule has 18 heavy (non-hydrogen) atoms. The molecular weight excluding hydrogens is 252 g/mol. The van der Waals surface area contributed by atoms with Crippen LogP contribution in [0.25, 0.3) is 0 Å². The van der Waals surface area contributed by atoms with Crippen LogP contribution in [0.2, 0.25) is 0 Å². The Bertz CT molecular complexity index is 532. The van der Waals surface area contributed by atoms with Crippen LogP contribution in [-0.4, -0.2) is 28.8 Å². The van der Waals surface area contributed by atoms with Gasteiger partial charge in [0.15, 0.2) is 16.6 Å². The Morgan fingerprint density at radius 3 is 2.94 bits per heavy atom. The molecule has 2 aliphatic rings. The highest BCUT2D eigenvalue weighted by atomic mass is 32.1. The minimum atomic E-state index is -0.244. The lowest BCUT2D eigenvalue weighted by Crippen LogP contribution is -2.30. The fraction of sp³-hybridized carbons (Fsp3) is 0.333. The zero-order valence-corrected chi connectivity index (χ0v) is 10.6. The Kier molecular flexibility index (Phi) is 2.59. The van der Waals surface area contributed by atoms with E-state index in [0.717, 1.165) is 11.3 Å². The van der Waals surface area contributed by atoms with Gasteiger partial charge < -0.3 is 14.8 Å². The third-order valence-electron chi connectivity index (χ3n) is 3.00. The SMILES string of the molecule is C[C@@H]1NC(=S)N(Cc2ccc3c(c2)OCO3)C1=O. The number of nitrogens with one attached hydrogen (secondary N) is 1. The second-order valence-electron chi connectivity index (χ2n) is 4.28. The first-order valence-corrected chi connectivity index (χ1v) is 6.06. The first-order valence-electron chi connectivity index (χ1n) is 5.65. The highest BCUT2D eigenvalue weighted by Gasteiger charge is 2.32. The van der Waals surface area contributed by atoms with Gasteiger partial charge in [-0.05, 0) is 36.8 Å². The molecule has 1 amide bonds. The molecule has 1 N–H and O–H groups in total. The standard InChI is InChI=1S/C12H12N2O3S/c1-7-11(15)14(12(18)13-7)5-8-2-3-9-10(4-8)17-6-16-9/h2-4,7H,5-6H2,1H3,(H,13,18)/t7-/m0/s1. The highest BCUT2D eigenvalue weighted by Crippen LogP contribution is 2.33. The summed E-state index contributed by atoms with van der Waals surface area (Å²) in [7, 11) is 0. The largest absolute Gasteiger partial charge is 0.454 e. The second kappa shape index (κ2) is 4.13. The number of amides is 1. The third-order valence-corrected chi connectivity index (χ3v) is 3.34. The molecule has 2 heterocycles. The van der Waals surface area contributed by atoms with Crippen molar-refractivity contribution in [2.45, 2.75) is 19.5 Å². The number of hydrogen-bond donors (Lipinski definition) is 1.